The van der Waals surface area contributed by atoms with Gasteiger partial charge in [0.25, 0.3) is 0 Å². The fourth-order valence-electron chi connectivity index (χ4n) is 2.42. The van der Waals surface area contributed by atoms with Gasteiger partial charge in [-0.1, -0.05) is 12.1 Å². The second-order valence-corrected chi connectivity index (χ2v) is 5.88. The Balaban J connectivity index is 2.09. The van der Waals surface area contributed by atoms with E-state index in [1.807, 2.05) is 0 Å². The number of phenols is 1. The molecule has 0 fully saturated rings. The molecule has 27 heavy (non-hydrogen) atoms. The molecule has 0 bridgehead atoms. The number of aromatic hydroxyl groups is 1. The number of nitrogens with one attached hydrogen (secondary N) is 3. The zero-order valence-electron chi connectivity index (χ0n) is 14.4. The van der Waals surface area contributed by atoms with E-state index in [1.54, 1.807) is 12.1 Å². The number of phenolic OH excluding ortho intramolecular Hbond substituents is 1. The highest BCUT2D eigenvalue weighted by molar-refractivity contribution is 5.91. The van der Waals surface area contributed by atoms with Gasteiger partial charge in [0, 0.05) is 24.7 Å². The summed E-state index contributed by atoms with van der Waals surface area (Å²) in [5, 5.41) is 23.6. The summed E-state index contributed by atoms with van der Waals surface area (Å²) in [6.45, 7) is -0.303. The molecule has 2 atom stereocenters. The van der Waals surface area contributed by atoms with Gasteiger partial charge in [-0.2, -0.15) is 0 Å². The molecule has 0 unspecified atom stereocenters. The number of carbonyl (C=O) groups excluding carboxylic acids is 2. The molecule has 2 aromatic rings. The summed E-state index contributed by atoms with van der Waals surface area (Å²) in [5.41, 5.74) is 6.50. The molecule has 1 aromatic heterocycles. The van der Waals surface area contributed by atoms with Crippen molar-refractivity contribution in [2.75, 3.05) is 6.54 Å². The number of nitrogens with two attached hydrogens (primary N) is 1. The Morgan fingerprint density at radius 3 is 2.37 bits per heavy atom. The largest absolute Gasteiger partial charge is 0.508 e. The fourth-order valence-corrected chi connectivity index (χ4v) is 2.42. The first-order valence-electron chi connectivity index (χ1n) is 8.16. The number of nitrogens with zero attached hydrogens (tertiary/aromatic N) is 1. The molecule has 2 amide bonds. The molecule has 7 N–H and O–H groups in total. The van der Waals surface area contributed by atoms with Crippen LogP contribution in [0.5, 0.6) is 5.75 Å². The Labute approximate surface area is 154 Å². The van der Waals surface area contributed by atoms with Crippen LogP contribution < -0.4 is 16.4 Å². The van der Waals surface area contributed by atoms with Crippen LogP contribution in [0, 0.1) is 0 Å². The van der Waals surface area contributed by atoms with E-state index in [-0.39, 0.29) is 25.1 Å². The van der Waals surface area contributed by atoms with Gasteiger partial charge in [-0.05, 0) is 17.7 Å². The molecule has 0 spiro atoms. The first kappa shape index (κ1) is 19.9. The second-order valence-electron chi connectivity index (χ2n) is 5.88. The second kappa shape index (κ2) is 9.34. The topological polar surface area (TPSA) is 170 Å². The number of rotatable bonds is 9. The van der Waals surface area contributed by atoms with Crippen molar-refractivity contribution in [2.45, 2.75) is 24.9 Å². The Morgan fingerprint density at radius 2 is 1.81 bits per heavy atom. The lowest BCUT2D eigenvalue weighted by atomic mass is 10.0. The van der Waals surface area contributed by atoms with Crippen LogP contribution in [0.1, 0.15) is 11.3 Å². The van der Waals surface area contributed by atoms with Gasteiger partial charge in [-0.3, -0.25) is 9.59 Å². The lowest BCUT2D eigenvalue weighted by Crippen LogP contribution is -2.54. The molecule has 0 saturated heterocycles. The number of amides is 2. The lowest BCUT2D eigenvalue weighted by molar-refractivity contribution is -0.142. The third kappa shape index (κ3) is 6.12. The van der Waals surface area contributed by atoms with Gasteiger partial charge < -0.3 is 31.6 Å². The van der Waals surface area contributed by atoms with E-state index in [1.165, 1.54) is 24.7 Å². The maximum atomic E-state index is 12.6. The number of aliphatic carboxylic acids is 1. The molecule has 144 valence electrons. The number of hydrogen-bond donors (Lipinski definition) is 6. The zero-order valence-corrected chi connectivity index (χ0v) is 14.4. The molecule has 2 rings (SSSR count). The van der Waals surface area contributed by atoms with E-state index in [2.05, 4.69) is 20.6 Å². The average Bonchev–Trinajstić information content (AvgIpc) is 3.15. The summed E-state index contributed by atoms with van der Waals surface area (Å²) < 4.78 is 0. The van der Waals surface area contributed by atoms with Gasteiger partial charge in [0.2, 0.25) is 11.8 Å². The summed E-state index contributed by atoms with van der Waals surface area (Å²) in [6, 6.07) is 3.77. The SMILES string of the molecule is NCC(=O)N[C@@H](Cc1cnc[nH]1)C(=O)N[C@@H](Cc1ccc(O)cc1)C(=O)O. The van der Waals surface area contributed by atoms with E-state index >= 15 is 0 Å². The standard InChI is InChI=1S/C17H21N5O5/c18-7-15(24)21-13(6-11-8-19-9-20-11)16(25)22-14(17(26)27)5-10-1-3-12(23)4-2-10/h1-4,8-9,13-14,23H,5-7,18H2,(H,19,20)(H,21,24)(H,22,25)(H,26,27)/t13-,14-/m0/s1. The van der Waals surface area contributed by atoms with Gasteiger partial charge in [0.15, 0.2) is 0 Å². The first-order chi connectivity index (χ1) is 12.9. The monoisotopic (exact) mass is 375 g/mol. The first-order valence-corrected chi connectivity index (χ1v) is 8.16. The quantitative estimate of drug-likeness (QED) is 0.323. The van der Waals surface area contributed by atoms with Crippen molar-refractivity contribution in [1.82, 2.24) is 20.6 Å². The number of benzene rings is 1. The minimum Gasteiger partial charge on any atom is -0.508 e. The van der Waals surface area contributed by atoms with E-state index < -0.39 is 29.9 Å². The molecule has 0 aliphatic carbocycles. The van der Waals surface area contributed by atoms with Crippen LogP contribution in [0.15, 0.2) is 36.8 Å². The zero-order chi connectivity index (χ0) is 19.8. The molecule has 0 saturated carbocycles. The van der Waals surface area contributed by atoms with E-state index in [4.69, 9.17) is 5.73 Å². The van der Waals surface area contributed by atoms with Crippen LogP contribution in [0.3, 0.4) is 0 Å². The number of carbonyl (C=O) groups is 3. The van der Waals surface area contributed by atoms with Crippen molar-refractivity contribution in [3.8, 4) is 5.75 Å². The highest BCUT2D eigenvalue weighted by Gasteiger charge is 2.27. The normalized spacial score (nSPS) is 12.8. The minimum absolute atomic E-state index is 0.0168. The lowest BCUT2D eigenvalue weighted by Gasteiger charge is -2.21. The van der Waals surface area contributed by atoms with Gasteiger partial charge in [-0.25, -0.2) is 9.78 Å². The van der Waals surface area contributed by atoms with Crippen molar-refractivity contribution in [3.63, 3.8) is 0 Å². The van der Waals surface area contributed by atoms with E-state index in [0.29, 0.717) is 11.3 Å². The number of carboxylic acids is 1. The van der Waals surface area contributed by atoms with Gasteiger partial charge in [0.1, 0.15) is 17.8 Å². The Morgan fingerprint density at radius 1 is 1.11 bits per heavy atom. The molecule has 0 aliphatic rings. The maximum Gasteiger partial charge on any atom is 0.326 e. The minimum atomic E-state index is -1.22. The van der Waals surface area contributed by atoms with Crippen LogP contribution in [0.2, 0.25) is 0 Å². The third-order valence-corrected chi connectivity index (χ3v) is 3.81. The maximum absolute atomic E-state index is 12.6. The summed E-state index contributed by atoms with van der Waals surface area (Å²) in [5.74, 6) is -2.36. The average molecular weight is 375 g/mol. The molecule has 1 aromatic carbocycles. The van der Waals surface area contributed by atoms with Crippen molar-refractivity contribution in [2.24, 2.45) is 5.73 Å². The fraction of sp³-hybridized carbons (Fsp3) is 0.294. The Hall–Kier alpha value is -3.40. The van der Waals surface area contributed by atoms with Crippen LogP contribution in [0.4, 0.5) is 0 Å². The molecular weight excluding hydrogens is 354 g/mol. The van der Waals surface area contributed by atoms with Crippen LogP contribution >= 0.6 is 0 Å². The molecule has 10 nitrogen and oxygen atoms in total. The number of imidazole rings is 1. The number of hydrogen-bond acceptors (Lipinski definition) is 6. The number of aromatic nitrogens is 2. The highest BCUT2D eigenvalue weighted by Crippen LogP contribution is 2.11. The van der Waals surface area contributed by atoms with Gasteiger partial charge in [0.05, 0.1) is 12.9 Å². The van der Waals surface area contributed by atoms with Crippen LogP contribution in [0.25, 0.3) is 0 Å². The van der Waals surface area contributed by atoms with Gasteiger partial charge >= 0.3 is 5.97 Å². The molecule has 0 aliphatic heterocycles. The predicted molar refractivity (Wildman–Crippen MR) is 94.7 cm³/mol. The predicted octanol–water partition coefficient (Wildman–Crippen LogP) is -1.09. The Bertz CT molecular complexity index is 776. The van der Waals surface area contributed by atoms with E-state index in [9.17, 15) is 24.6 Å². The van der Waals surface area contributed by atoms with Crippen molar-refractivity contribution >= 4 is 17.8 Å². The van der Waals surface area contributed by atoms with Crippen LogP contribution in [-0.4, -0.2) is 56.6 Å². The smallest absolute Gasteiger partial charge is 0.326 e. The van der Waals surface area contributed by atoms with Crippen molar-refractivity contribution in [1.29, 1.82) is 0 Å². The molecule has 0 radical (unpaired) electrons. The van der Waals surface area contributed by atoms with E-state index in [0.717, 1.165) is 0 Å². The molecule has 1 heterocycles. The number of aromatic amines is 1. The molecule has 10 heteroatoms. The van der Waals surface area contributed by atoms with Gasteiger partial charge in [-0.15, -0.1) is 0 Å². The highest BCUT2D eigenvalue weighted by atomic mass is 16.4. The number of carboxylic acid groups (broad SMARTS) is 1. The summed E-state index contributed by atoms with van der Waals surface area (Å²) in [4.78, 5) is 42.4. The Kier molecular flexibility index (Phi) is 6.89. The summed E-state index contributed by atoms with van der Waals surface area (Å²) >= 11 is 0. The van der Waals surface area contributed by atoms with Crippen molar-refractivity contribution < 1.29 is 24.6 Å². The summed E-state index contributed by atoms with van der Waals surface area (Å²) in [7, 11) is 0. The molecular formula is C17H21N5O5. The number of H-pyrrole nitrogens is 1. The van der Waals surface area contributed by atoms with Crippen LogP contribution in [-0.2, 0) is 27.2 Å². The third-order valence-electron chi connectivity index (χ3n) is 3.81. The summed E-state index contributed by atoms with van der Waals surface area (Å²) in [6.07, 6.45) is 3.05. The van der Waals surface area contributed by atoms with Crippen molar-refractivity contribution in [3.05, 3.63) is 48.0 Å².